The van der Waals surface area contributed by atoms with E-state index in [1.54, 1.807) is 0 Å². The van der Waals surface area contributed by atoms with E-state index in [-0.39, 0.29) is 0 Å². The summed E-state index contributed by atoms with van der Waals surface area (Å²) in [6, 6.07) is 59.6. The SMILES string of the molecule is c1ccc(-c2ccc(-c3nc(-c4ccccc4)nc(-n4c5ccccc5c5cc6c(cc54)sc4c(-c5ccccc5)cccc46)n3)cc2)cc1. The van der Waals surface area contributed by atoms with Crippen molar-refractivity contribution in [1.29, 1.82) is 0 Å². The largest absolute Gasteiger partial charge is 0.278 e. The highest BCUT2D eigenvalue weighted by atomic mass is 32.1. The number of thiophene rings is 1. The van der Waals surface area contributed by atoms with Crippen LogP contribution in [0.3, 0.4) is 0 Å². The van der Waals surface area contributed by atoms with Crippen LogP contribution in [0.25, 0.3) is 93.0 Å². The van der Waals surface area contributed by atoms with E-state index in [1.807, 2.05) is 35.6 Å². The van der Waals surface area contributed by atoms with Crippen molar-refractivity contribution >= 4 is 53.3 Å². The Morgan fingerprint density at radius 1 is 0.380 bits per heavy atom. The van der Waals surface area contributed by atoms with Crippen molar-refractivity contribution in [2.24, 2.45) is 0 Å². The predicted molar refractivity (Wildman–Crippen MR) is 209 cm³/mol. The van der Waals surface area contributed by atoms with Crippen molar-refractivity contribution < 1.29 is 0 Å². The van der Waals surface area contributed by atoms with E-state index < -0.39 is 0 Å². The molecule has 0 saturated carbocycles. The predicted octanol–water partition coefficient (Wildman–Crippen LogP) is 12.0. The third kappa shape index (κ3) is 4.71. The highest BCUT2D eigenvalue weighted by Gasteiger charge is 2.20. The molecular formula is C45H28N4S. The Kier molecular flexibility index (Phi) is 6.64. The number of nitrogens with zero attached hydrogens (tertiary/aromatic N) is 4. The lowest BCUT2D eigenvalue weighted by atomic mass is 10.0. The maximum Gasteiger partial charge on any atom is 0.238 e. The third-order valence-electron chi connectivity index (χ3n) is 9.48. The van der Waals surface area contributed by atoms with Crippen LogP contribution < -0.4 is 0 Å². The van der Waals surface area contributed by atoms with Gasteiger partial charge >= 0.3 is 0 Å². The van der Waals surface area contributed by atoms with Crippen LogP contribution in [0.4, 0.5) is 0 Å². The van der Waals surface area contributed by atoms with Crippen molar-refractivity contribution in [2.75, 3.05) is 0 Å². The van der Waals surface area contributed by atoms with Gasteiger partial charge in [0.05, 0.1) is 11.0 Å². The Bertz CT molecular complexity index is 2840. The molecule has 0 spiro atoms. The lowest BCUT2D eigenvalue weighted by molar-refractivity contribution is 0.954. The third-order valence-corrected chi connectivity index (χ3v) is 10.7. The molecule has 3 heterocycles. The molecule has 0 unspecified atom stereocenters. The maximum atomic E-state index is 5.20. The Labute approximate surface area is 292 Å². The van der Waals surface area contributed by atoms with Gasteiger partial charge in [0, 0.05) is 42.1 Å². The monoisotopic (exact) mass is 656 g/mol. The molecule has 234 valence electrons. The summed E-state index contributed by atoms with van der Waals surface area (Å²) >= 11 is 1.84. The van der Waals surface area contributed by atoms with Gasteiger partial charge in [0.2, 0.25) is 5.95 Å². The number of para-hydroxylation sites is 1. The number of rotatable bonds is 5. The summed E-state index contributed by atoms with van der Waals surface area (Å²) in [6.07, 6.45) is 0. The van der Waals surface area contributed by atoms with Crippen LogP contribution in [0.2, 0.25) is 0 Å². The standard InChI is InChI=1S/C45H28N4S/c1-4-13-29(14-5-1)30-23-25-33(26-24-30)44-46-43(32-17-8-3-9-18-32)47-45(48-44)49-39-22-11-10-19-35(39)37-27-38-36-21-12-20-34(31-15-6-2-7-16-31)42(36)50-41(38)28-40(37)49/h1-28H. The first-order valence-corrected chi connectivity index (χ1v) is 17.5. The van der Waals surface area contributed by atoms with E-state index in [2.05, 4.69) is 150 Å². The zero-order valence-electron chi connectivity index (χ0n) is 26.9. The van der Waals surface area contributed by atoms with Gasteiger partial charge in [-0.25, -0.2) is 4.98 Å². The van der Waals surface area contributed by atoms with Crippen LogP contribution in [-0.4, -0.2) is 19.5 Å². The molecule has 0 N–H and O–H groups in total. The quantitative estimate of drug-likeness (QED) is 0.185. The van der Waals surface area contributed by atoms with Crippen LogP contribution in [-0.2, 0) is 0 Å². The molecule has 3 aromatic heterocycles. The molecule has 4 nitrogen and oxygen atoms in total. The summed E-state index contributed by atoms with van der Waals surface area (Å²) in [5.41, 5.74) is 8.83. The van der Waals surface area contributed by atoms with Gasteiger partial charge in [0.25, 0.3) is 0 Å². The highest BCUT2D eigenvalue weighted by Crippen LogP contribution is 2.43. The maximum absolute atomic E-state index is 5.20. The van der Waals surface area contributed by atoms with Crippen molar-refractivity contribution in [1.82, 2.24) is 19.5 Å². The summed E-state index contributed by atoms with van der Waals surface area (Å²) in [4.78, 5) is 15.4. The zero-order chi connectivity index (χ0) is 33.0. The Balaban J connectivity index is 1.21. The molecule has 0 atom stereocenters. The Hall–Kier alpha value is -6.43. The van der Waals surface area contributed by atoms with Gasteiger partial charge in [-0.2, -0.15) is 9.97 Å². The van der Waals surface area contributed by atoms with Crippen LogP contribution in [0.15, 0.2) is 170 Å². The van der Waals surface area contributed by atoms with Crippen LogP contribution >= 0.6 is 11.3 Å². The van der Waals surface area contributed by atoms with Crippen molar-refractivity contribution in [2.45, 2.75) is 0 Å². The number of hydrogen-bond donors (Lipinski definition) is 0. The smallest absolute Gasteiger partial charge is 0.238 e. The van der Waals surface area contributed by atoms with Gasteiger partial charge in [0.1, 0.15) is 0 Å². The van der Waals surface area contributed by atoms with Gasteiger partial charge in [-0.15, -0.1) is 11.3 Å². The normalized spacial score (nSPS) is 11.6. The summed E-state index contributed by atoms with van der Waals surface area (Å²) < 4.78 is 4.74. The molecule has 0 aliphatic carbocycles. The zero-order valence-corrected chi connectivity index (χ0v) is 27.7. The van der Waals surface area contributed by atoms with Crippen molar-refractivity contribution in [3.05, 3.63) is 170 Å². The number of fused-ring (bicyclic) bond motifs is 6. The second-order valence-electron chi connectivity index (χ2n) is 12.5. The molecule has 0 aliphatic heterocycles. The fraction of sp³-hybridized carbons (Fsp3) is 0. The molecule has 0 bridgehead atoms. The molecule has 5 heteroatoms. The minimum Gasteiger partial charge on any atom is -0.278 e. The van der Waals surface area contributed by atoms with E-state index in [0.29, 0.717) is 17.6 Å². The lowest BCUT2D eigenvalue weighted by Crippen LogP contribution is -2.06. The summed E-state index contributed by atoms with van der Waals surface area (Å²) in [5.74, 6) is 1.87. The summed E-state index contributed by atoms with van der Waals surface area (Å²) in [5, 5.41) is 4.88. The molecule has 10 rings (SSSR count). The average molecular weight is 657 g/mol. The minimum absolute atomic E-state index is 0.595. The fourth-order valence-corrected chi connectivity index (χ4v) is 8.33. The minimum atomic E-state index is 0.595. The highest BCUT2D eigenvalue weighted by molar-refractivity contribution is 7.26. The first-order chi connectivity index (χ1) is 24.8. The van der Waals surface area contributed by atoms with Crippen molar-refractivity contribution in [3.8, 4) is 51.0 Å². The van der Waals surface area contributed by atoms with E-state index in [0.717, 1.165) is 27.7 Å². The van der Waals surface area contributed by atoms with Gasteiger partial charge in [0.15, 0.2) is 11.6 Å². The second kappa shape index (κ2) is 11.6. The summed E-state index contributed by atoms with van der Waals surface area (Å²) in [6.45, 7) is 0. The molecule has 50 heavy (non-hydrogen) atoms. The van der Waals surface area contributed by atoms with Crippen molar-refractivity contribution in [3.63, 3.8) is 0 Å². The van der Waals surface area contributed by atoms with Crippen LogP contribution in [0.5, 0.6) is 0 Å². The van der Waals surface area contributed by atoms with E-state index in [1.165, 1.54) is 47.6 Å². The van der Waals surface area contributed by atoms with E-state index in [4.69, 9.17) is 15.0 Å². The Morgan fingerprint density at radius 3 is 1.66 bits per heavy atom. The number of aromatic nitrogens is 4. The number of benzene rings is 7. The van der Waals surface area contributed by atoms with Crippen LogP contribution in [0.1, 0.15) is 0 Å². The fourth-order valence-electron chi connectivity index (χ4n) is 7.07. The van der Waals surface area contributed by atoms with E-state index in [9.17, 15) is 0 Å². The van der Waals surface area contributed by atoms with Gasteiger partial charge in [-0.3, -0.25) is 4.57 Å². The molecule has 0 saturated heterocycles. The number of hydrogen-bond acceptors (Lipinski definition) is 4. The molecule has 7 aromatic carbocycles. The topological polar surface area (TPSA) is 43.6 Å². The lowest BCUT2D eigenvalue weighted by Gasteiger charge is -2.11. The summed E-state index contributed by atoms with van der Waals surface area (Å²) in [7, 11) is 0. The van der Waals surface area contributed by atoms with Gasteiger partial charge < -0.3 is 0 Å². The molecular weight excluding hydrogens is 629 g/mol. The molecule has 0 aliphatic rings. The molecule has 0 amide bonds. The van der Waals surface area contributed by atoms with Gasteiger partial charge in [-0.05, 0) is 40.5 Å². The Morgan fingerprint density at radius 2 is 0.940 bits per heavy atom. The van der Waals surface area contributed by atoms with E-state index >= 15 is 0 Å². The first kappa shape index (κ1) is 28.6. The van der Waals surface area contributed by atoms with Crippen LogP contribution in [0, 0.1) is 0 Å². The average Bonchev–Trinajstić information content (AvgIpc) is 3.73. The molecule has 0 radical (unpaired) electrons. The molecule has 10 aromatic rings. The molecule has 0 fully saturated rings. The first-order valence-electron chi connectivity index (χ1n) is 16.7. The van der Waals surface area contributed by atoms with Gasteiger partial charge in [-0.1, -0.05) is 152 Å². The second-order valence-corrected chi connectivity index (χ2v) is 13.5.